The third kappa shape index (κ3) is 5.25. The molecule has 1 aliphatic rings. The van der Waals surface area contributed by atoms with E-state index < -0.39 is 0 Å². The predicted octanol–water partition coefficient (Wildman–Crippen LogP) is 4.43. The molecule has 39 heavy (non-hydrogen) atoms. The Morgan fingerprint density at radius 3 is 2.51 bits per heavy atom. The summed E-state index contributed by atoms with van der Waals surface area (Å²) < 4.78 is 12.4. The van der Waals surface area contributed by atoms with Crippen molar-refractivity contribution in [3.63, 3.8) is 0 Å². The first-order valence-corrected chi connectivity index (χ1v) is 12.9. The van der Waals surface area contributed by atoms with Gasteiger partial charge in [-0.1, -0.05) is 42.2 Å². The number of carbonyl (C=O) groups excluding carboxylic acids is 1. The number of nitrogens with zero attached hydrogens (tertiary/aromatic N) is 2. The van der Waals surface area contributed by atoms with Crippen molar-refractivity contribution in [1.29, 1.82) is 0 Å². The van der Waals surface area contributed by atoms with E-state index in [-0.39, 0.29) is 23.4 Å². The monoisotopic (exact) mass is 521 g/mol. The topological polar surface area (TPSA) is 86.8 Å². The molecule has 1 saturated heterocycles. The highest BCUT2D eigenvalue weighted by Crippen LogP contribution is 2.28. The Labute approximate surface area is 227 Å². The normalized spacial score (nSPS) is 15.6. The number of methoxy groups -OCH3 is 2. The minimum Gasteiger partial charge on any atom is -0.497 e. The van der Waals surface area contributed by atoms with Crippen LogP contribution < -0.4 is 20.8 Å². The average Bonchev–Trinajstić information content (AvgIpc) is 3.30. The number of rotatable bonds is 6. The Morgan fingerprint density at radius 1 is 1.00 bits per heavy atom. The van der Waals surface area contributed by atoms with Gasteiger partial charge < -0.3 is 20.1 Å². The maximum Gasteiger partial charge on any atom is 0.264 e. The number of hydrogen-bond acceptors (Lipinski definition) is 5. The first-order chi connectivity index (χ1) is 18.9. The van der Waals surface area contributed by atoms with Crippen LogP contribution in [0.1, 0.15) is 36.2 Å². The van der Waals surface area contributed by atoms with Gasteiger partial charge in [-0.15, -0.1) is 0 Å². The standard InChI is InChI=1S/C32H31N3O4/c1-21(33)28-17-24-9-7-8-23(31(24)32(37)35(28)26-10-5-4-6-11-26)13-12-22-16-30(36)34(19-22)20-25-14-15-27(38-2)18-29(25)39-3/h4-11,14-15,17-18,21-22H,16,19-20,33H2,1-3H3. The molecular weight excluding hydrogens is 490 g/mol. The largest absolute Gasteiger partial charge is 0.497 e. The van der Waals surface area contributed by atoms with Gasteiger partial charge in [0.05, 0.1) is 19.6 Å². The molecule has 0 spiro atoms. The molecule has 198 valence electrons. The van der Waals surface area contributed by atoms with Crippen molar-refractivity contribution < 1.29 is 14.3 Å². The Bertz CT molecular complexity index is 1650. The minimum absolute atomic E-state index is 0.0399. The number of nitrogens with two attached hydrogens (primary N) is 1. The molecule has 2 atom stereocenters. The van der Waals surface area contributed by atoms with Crippen molar-refractivity contribution in [1.82, 2.24) is 9.47 Å². The lowest BCUT2D eigenvalue weighted by Gasteiger charge is -2.18. The van der Waals surface area contributed by atoms with Gasteiger partial charge in [0, 0.05) is 60.0 Å². The van der Waals surface area contributed by atoms with Crippen LogP contribution in [0.4, 0.5) is 0 Å². The quantitative estimate of drug-likeness (QED) is 0.380. The summed E-state index contributed by atoms with van der Waals surface area (Å²) in [4.78, 5) is 28.5. The number of amides is 1. The van der Waals surface area contributed by atoms with Crippen LogP contribution in [-0.4, -0.2) is 36.1 Å². The fraction of sp³-hybridized carbons (Fsp3) is 0.250. The molecule has 3 aromatic carbocycles. The van der Waals surface area contributed by atoms with Gasteiger partial charge in [0.2, 0.25) is 5.91 Å². The summed E-state index contributed by atoms with van der Waals surface area (Å²) in [6.07, 6.45) is 0.333. The minimum atomic E-state index is -0.336. The van der Waals surface area contributed by atoms with Crippen LogP contribution in [0.2, 0.25) is 0 Å². The number of carbonyl (C=O) groups is 1. The average molecular weight is 522 g/mol. The summed E-state index contributed by atoms with van der Waals surface area (Å²) in [5.41, 5.74) is 9.14. The number of aromatic nitrogens is 1. The molecule has 2 N–H and O–H groups in total. The Hall–Kier alpha value is -4.54. The summed E-state index contributed by atoms with van der Waals surface area (Å²) in [5.74, 6) is 7.76. The first-order valence-electron chi connectivity index (χ1n) is 12.9. The highest BCUT2D eigenvalue weighted by Gasteiger charge is 2.29. The van der Waals surface area contributed by atoms with E-state index in [1.165, 1.54) is 0 Å². The van der Waals surface area contributed by atoms with E-state index in [9.17, 15) is 9.59 Å². The van der Waals surface area contributed by atoms with Crippen molar-refractivity contribution in [2.45, 2.75) is 25.9 Å². The van der Waals surface area contributed by atoms with Crippen LogP contribution in [0.25, 0.3) is 16.5 Å². The third-order valence-electron chi connectivity index (χ3n) is 7.04. The van der Waals surface area contributed by atoms with Gasteiger partial charge in [0.15, 0.2) is 0 Å². The van der Waals surface area contributed by atoms with E-state index in [2.05, 4.69) is 11.8 Å². The molecule has 0 bridgehead atoms. The van der Waals surface area contributed by atoms with Crippen LogP contribution >= 0.6 is 0 Å². The van der Waals surface area contributed by atoms with E-state index in [4.69, 9.17) is 15.2 Å². The molecule has 0 aliphatic carbocycles. The third-order valence-corrected chi connectivity index (χ3v) is 7.04. The lowest BCUT2D eigenvalue weighted by Crippen LogP contribution is -2.26. The second kappa shape index (κ2) is 11.1. The van der Waals surface area contributed by atoms with Crippen molar-refractivity contribution in [3.8, 4) is 29.0 Å². The molecule has 4 aromatic rings. The summed E-state index contributed by atoms with van der Waals surface area (Å²) in [5, 5.41) is 1.34. The molecule has 0 radical (unpaired) electrons. The second-order valence-electron chi connectivity index (χ2n) is 9.73. The van der Waals surface area contributed by atoms with Gasteiger partial charge in [0.1, 0.15) is 11.5 Å². The van der Waals surface area contributed by atoms with Gasteiger partial charge in [-0.05, 0) is 48.7 Å². The van der Waals surface area contributed by atoms with E-state index in [1.54, 1.807) is 23.7 Å². The predicted molar refractivity (Wildman–Crippen MR) is 152 cm³/mol. The molecule has 2 heterocycles. The number of ether oxygens (including phenoxy) is 2. The van der Waals surface area contributed by atoms with Crippen LogP contribution in [-0.2, 0) is 11.3 Å². The van der Waals surface area contributed by atoms with Crippen molar-refractivity contribution in [2.24, 2.45) is 11.7 Å². The molecule has 1 amide bonds. The van der Waals surface area contributed by atoms with Gasteiger partial charge in [-0.3, -0.25) is 14.2 Å². The smallest absolute Gasteiger partial charge is 0.264 e. The maximum absolute atomic E-state index is 13.8. The lowest BCUT2D eigenvalue weighted by atomic mass is 10.0. The van der Waals surface area contributed by atoms with E-state index in [0.29, 0.717) is 42.0 Å². The summed E-state index contributed by atoms with van der Waals surface area (Å²) in [6, 6.07) is 22.4. The number of likely N-dealkylation sites (tertiary alicyclic amines) is 1. The summed E-state index contributed by atoms with van der Waals surface area (Å²) >= 11 is 0. The molecule has 1 aromatic heterocycles. The van der Waals surface area contributed by atoms with Crippen LogP contribution in [0.5, 0.6) is 11.5 Å². The Kier molecular flexibility index (Phi) is 7.40. The van der Waals surface area contributed by atoms with Crippen molar-refractivity contribution in [2.75, 3.05) is 20.8 Å². The van der Waals surface area contributed by atoms with Crippen molar-refractivity contribution in [3.05, 3.63) is 100.0 Å². The Morgan fingerprint density at radius 2 is 1.79 bits per heavy atom. The number of pyridine rings is 1. The van der Waals surface area contributed by atoms with Gasteiger partial charge in [0.25, 0.3) is 5.56 Å². The number of hydrogen-bond donors (Lipinski definition) is 1. The number of benzene rings is 3. The zero-order valence-electron chi connectivity index (χ0n) is 22.3. The lowest BCUT2D eigenvalue weighted by molar-refractivity contribution is -0.128. The highest BCUT2D eigenvalue weighted by atomic mass is 16.5. The van der Waals surface area contributed by atoms with Crippen LogP contribution in [0.15, 0.2) is 77.6 Å². The van der Waals surface area contributed by atoms with Gasteiger partial charge in [-0.25, -0.2) is 0 Å². The fourth-order valence-corrected chi connectivity index (χ4v) is 5.05. The molecule has 5 rings (SSSR count). The van der Waals surface area contributed by atoms with Crippen LogP contribution in [0.3, 0.4) is 0 Å². The molecule has 0 saturated carbocycles. The fourth-order valence-electron chi connectivity index (χ4n) is 5.05. The van der Waals surface area contributed by atoms with E-state index in [1.807, 2.05) is 79.7 Å². The van der Waals surface area contributed by atoms with Crippen molar-refractivity contribution >= 4 is 16.7 Å². The summed E-state index contributed by atoms with van der Waals surface area (Å²) in [6.45, 7) is 2.81. The highest BCUT2D eigenvalue weighted by molar-refractivity contribution is 5.88. The maximum atomic E-state index is 13.8. The first kappa shape index (κ1) is 26.1. The molecule has 7 heteroatoms. The number of para-hydroxylation sites is 1. The van der Waals surface area contributed by atoms with E-state index >= 15 is 0 Å². The number of fused-ring (bicyclic) bond motifs is 1. The molecular formula is C32H31N3O4. The van der Waals surface area contributed by atoms with Gasteiger partial charge >= 0.3 is 0 Å². The van der Waals surface area contributed by atoms with Crippen LogP contribution in [0, 0.1) is 17.8 Å². The van der Waals surface area contributed by atoms with Gasteiger partial charge in [-0.2, -0.15) is 0 Å². The molecule has 2 unspecified atom stereocenters. The zero-order valence-corrected chi connectivity index (χ0v) is 22.3. The Balaban J connectivity index is 1.46. The van der Waals surface area contributed by atoms with E-state index in [0.717, 1.165) is 22.3 Å². The SMILES string of the molecule is COc1ccc(CN2CC(C#Cc3cccc4cc(C(C)N)n(-c5ccccc5)c(=O)c34)CC2=O)c(OC)c1. The summed E-state index contributed by atoms with van der Waals surface area (Å²) in [7, 11) is 3.21. The molecule has 7 nitrogen and oxygen atoms in total. The molecule has 1 fully saturated rings. The zero-order chi connectivity index (χ0) is 27.5. The second-order valence-corrected chi connectivity index (χ2v) is 9.73. The molecule has 1 aliphatic heterocycles.